The molecular formula is C22H37NO3. The molecule has 0 aliphatic heterocycles. The van der Waals surface area contributed by atoms with Crippen molar-refractivity contribution in [2.45, 2.75) is 71.1 Å². The summed E-state index contributed by atoms with van der Waals surface area (Å²) in [6.45, 7) is 2.25. The van der Waals surface area contributed by atoms with Crippen molar-refractivity contribution in [3.8, 4) is 17.2 Å². The first kappa shape index (κ1) is 22.2. The lowest BCUT2D eigenvalue weighted by atomic mass is 10.1. The van der Waals surface area contributed by atoms with Gasteiger partial charge in [-0.3, -0.25) is 0 Å². The Hall–Kier alpha value is -1.84. The van der Waals surface area contributed by atoms with Gasteiger partial charge >= 0.3 is 0 Å². The Morgan fingerprint density at radius 2 is 1.54 bits per heavy atom. The van der Waals surface area contributed by atoms with Crippen molar-refractivity contribution in [2.75, 3.05) is 26.1 Å². The molecule has 148 valence electrons. The summed E-state index contributed by atoms with van der Waals surface area (Å²) in [6, 6.07) is 1.52. The highest BCUT2D eigenvalue weighted by atomic mass is 16.5. The molecule has 26 heavy (non-hydrogen) atoms. The van der Waals surface area contributed by atoms with E-state index in [2.05, 4.69) is 13.0 Å². The number of methoxy groups -OCH3 is 1. The number of nitrogens with zero attached hydrogens (tertiary/aromatic N) is 1. The largest absolute Gasteiger partial charge is 0.505 e. The zero-order valence-electron chi connectivity index (χ0n) is 17.1. The maximum atomic E-state index is 10.5. The second kappa shape index (κ2) is 12.5. The second-order valence-electron chi connectivity index (χ2n) is 7.12. The minimum absolute atomic E-state index is 0.0386. The van der Waals surface area contributed by atoms with E-state index in [0.29, 0.717) is 17.0 Å². The van der Waals surface area contributed by atoms with E-state index < -0.39 is 0 Å². The van der Waals surface area contributed by atoms with Gasteiger partial charge in [0.2, 0.25) is 0 Å². The first-order valence-electron chi connectivity index (χ1n) is 9.99. The number of allylic oxidation sites excluding steroid dienone is 1. The van der Waals surface area contributed by atoms with Crippen LogP contribution in [-0.4, -0.2) is 31.4 Å². The lowest BCUT2D eigenvalue weighted by Crippen LogP contribution is -2.09. The molecule has 0 aliphatic carbocycles. The van der Waals surface area contributed by atoms with Crippen LogP contribution in [0.25, 0.3) is 6.08 Å². The van der Waals surface area contributed by atoms with Crippen molar-refractivity contribution < 1.29 is 14.9 Å². The molecule has 4 heteroatoms. The summed E-state index contributed by atoms with van der Waals surface area (Å²) in [5, 5.41) is 20.6. The number of rotatable bonds is 13. The fourth-order valence-corrected chi connectivity index (χ4v) is 3.13. The molecule has 0 unspecified atom stereocenters. The third kappa shape index (κ3) is 7.19. The predicted octanol–water partition coefficient (Wildman–Crippen LogP) is 6.11. The SMILES string of the molecule is CCCCCCCCCCC/C=C/c1c(O)c(N(C)C)cc(O)c1OC. The number of hydrogen-bond acceptors (Lipinski definition) is 4. The Morgan fingerprint density at radius 1 is 0.962 bits per heavy atom. The Bertz CT molecular complexity index is 553. The molecule has 2 N–H and O–H groups in total. The van der Waals surface area contributed by atoms with E-state index >= 15 is 0 Å². The van der Waals surface area contributed by atoms with Gasteiger partial charge < -0.3 is 19.8 Å². The van der Waals surface area contributed by atoms with Gasteiger partial charge in [-0.25, -0.2) is 0 Å². The maximum Gasteiger partial charge on any atom is 0.171 e. The Balaban J connectivity index is 2.46. The summed E-state index contributed by atoms with van der Waals surface area (Å²) in [5.41, 5.74) is 1.11. The lowest BCUT2D eigenvalue weighted by Gasteiger charge is -2.18. The van der Waals surface area contributed by atoms with E-state index in [9.17, 15) is 10.2 Å². The topological polar surface area (TPSA) is 52.9 Å². The van der Waals surface area contributed by atoms with Crippen molar-refractivity contribution >= 4 is 11.8 Å². The van der Waals surface area contributed by atoms with Crippen LogP contribution in [0.15, 0.2) is 12.1 Å². The normalized spacial score (nSPS) is 11.2. The van der Waals surface area contributed by atoms with E-state index in [1.165, 1.54) is 64.5 Å². The maximum absolute atomic E-state index is 10.5. The molecule has 0 aromatic heterocycles. The van der Waals surface area contributed by atoms with Crippen molar-refractivity contribution in [3.63, 3.8) is 0 Å². The zero-order chi connectivity index (χ0) is 19.4. The van der Waals surface area contributed by atoms with Gasteiger partial charge in [0.25, 0.3) is 0 Å². The van der Waals surface area contributed by atoms with Crippen molar-refractivity contribution in [3.05, 3.63) is 17.7 Å². The third-order valence-electron chi connectivity index (χ3n) is 4.69. The van der Waals surface area contributed by atoms with E-state index in [1.807, 2.05) is 20.2 Å². The van der Waals surface area contributed by atoms with Crippen LogP contribution in [0, 0.1) is 0 Å². The van der Waals surface area contributed by atoms with Gasteiger partial charge in [-0.2, -0.15) is 0 Å². The highest BCUT2D eigenvalue weighted by molar-refractivity contribution is 5.77. The molecule has 1 aromatic carbocycles. The molecular weight excluding hydrogens is 326 g/mol. The third-order valence-corrected chi connectivity index (χ3v) is 4.69. The van der Waals surface area contributed by atoms with Crippen molar-refractivity contribution in [1.29, 1.82) is 0 Å². The van der Waals surface area contributed by atoms with Gasteiger partial charge in [-0.15, -0.1) is 0 Å². The van der Waals surface area contributed by atoms with Crippen LogP contribution in [0.5, 0.6) is 17.2 Å². The number of hydrogen-bond donors (Lipinski definition) is 2. The number of benzene rings is 1. The minimum Gasteiger partial charge on any atom is -0.505 e. The second-order valence-corrected chi connectivity index (χ2v) is 7.12. The first-order valence-corrected chi connectivity index (χ1v) is 9.99. The van der Waals surface area contributed by atoms with Gasteiger partial charge in [0.15, 0.2) is 11.5 Å². The Morgan fingerprint density at radius 3 is 2.08 bits per heavy atom. The molecule has 1 rings (SSSR count). The molecule has 0 fully saturated rings. The van der Waals surface area contributed by atoms with Crippen molar-refractivity contribution in [2.24, 2.45) is 0 Å². The standard InChI is InChI=1S/C22H37NO3/c1-5-6-7-8-9-10-11-12-13-14-15-16-18-21(25)19(23(2)3)17-20(24)22(18)26-4/h15-17,24-25H,5-14H2,1-4H3/b16-15+. The number of unbranched alkanes of at least 4 members (excludes halogenated alkanes) is 9. The van der Waals surface area contributed by atoms with Crippen LogP contribution in [0.2, 0.25) is 0 Å². The van der Waals surface area contributed by atoms with E-state index in [0.717, 1.165) is 12.8 Å². The van der Waals surface area contributed by atoms with E-state index in [-0.39, 0.29) is 11.5 Å². The lowest BCUT2D eigenvalue weighted by molar-refractivity contribution is 0.367. The summed E-state index contributed by atoms with van der Waals surface area (Å²) in [5.74, 6) is 0.487. The van der Waals surface area contributed by atoms with Gasteiger partial charge in [0.05, 0.1) is 18.4 Å². The van der Waals surface area contributed by atoms with Crippen molar-refractivity contribution in [1.82, 2.24) is 0 Å². The molecule has 0 spiro atoms. The average Bonchev–Trinajstić information content (AvgIpc) is 2.61. The molecule has 0 saturated carbocycles. The summed E-state index contributed by atoms with van der Waals surface area (Å²) in [6.07, 6.45) is 16.7. The number of phenolic OH excluding ortho intramolecular Hbond substituents is 2. The predicted molar refractivity (Wildman–Crippen MR) is 112 cm³/mol. The minimum atomic E-state index is 0.0386. The molecule has 1 aromatic rings. The van der Waals surface area contributed by atoms with E-state index in [4.69, 9.17) is 4.74 Å². The summed E-state index contributed by atoms with van der Waals surface area (Å²) < 4.78 is 5.26. The highest BCUT2D eigenvalue weighted by Gasteiger charge is 2.17. The number of aromatic hydroxyl groups is 2. The molecule has 0 radical (unpaired) electrons. The highest BCUT2D eigenvalue weighted by Crippen LogP contribution is 2.43. The molecule has 4 nitrogen and oxygen atoms in total. The molecule has 0 saturated heterocycles. The molecule has 0 amide bonds. The van der Waals surface area contributed by atoms with Crippen LogP contribution >= 0.6 is 0 Å². The monoisotopic (exact) mass is 363 g/mol. The van der Waals surface area contributed by atoms with Crippen LogP contribution in [0.1, 0.15) is 76.7 Å². The quantitative estimate of drug-likeness (QED) is 0.328. The van der Waals surface area contributed by atoms with Gasteiger partial charge in [0, 0.05) is 20.2 Å². The zero-order valence-corrected chi connectivity index (χ0v) is 17.1. The van der Waals surface area contributed by atoms with Gasteiger partial charge in [-0.1, -0.05) is 70.4 Å². The van der Waals surface area contributed by atoms with Gasteiger partial charge in [-0.05, 0) is 12.8 Å². The molecule has 0 heterocycles. The summed E-state index contributed by atoms with van der Waals surface area (Å²) >= 11 is 0. The molecule has 0 atom stereocenters. The summed E-state index contributed by atoms with van der Waals surface area (Å²) in [7, 11) is 5.16. The van der Waals surface area contributed by atoms with Crippen LogP contribution in [0.3, 0.4) is 0 Å². The number of phenols is 2. The summed E-state index contributed by atoms with van der Waals surface area (Å²) in [4.78, 5) is 1.77. The van der Waals surface area contributed by atoms with Crippen LogP contribution < -0.4 is 9.64 Å². The molecule has 0 bridgehead atoms. The van der Waals surface area contributed by atoms with Crippen LogP contribution in [-0.2, 0) is 0 Å². The Kier molecular flexibility index (Phi) is 10.7. The fourth-order valence-electron chi connectivity index (χ4n) is 3.13. The first-order chi connectivity index (χ1) is 12.5. The smallest absolute Gasteiger partial charge is 0.171 e. The average molecular weight is 364 g/mol. The van der Waals surface area contributed by atoms with Gasteiger partial charge in [0.1, 0.15) is 5.75 Å². The number of anilines is 1. The number of ether oxygens (including phenoxy) is 1. The molecule has 0 aliphatic rings. The van der Waals surface area contributed by atoms with Crippen LogP contribution in [0.4, 0.5) is 5.69 Å². The Labute approximate surface area is 159 Å². The fraction of sp³-hybridized carbons (Fsp3) is 0.636. The van der Waals surface area contributed by atoms with E-state index in [1.54, 1.807) is 4.90 Å².